The van der Waals surface area contributed by atoms with Crippen LogP contribution < -0.4 is 0 Å². The second kappa shape index (κ2) is 6.14. The predicted octanol–water partition coefficient (Wildman–Crippen LogP) is 2.09. The summed E-state index contributed by atoms with van der Waals surface area (Å²) in [7, 11) is 0. The van der Waals surface area contributed by atoms with Crippen LogP contribution in [0.25, 0.3) is 0 Å². The van der Waals surface area contributed by atoms with Crippen molar-refractivity contribution in [1.82, 2.24) is 0 Å². The maximum atomic E-state index is 11.0. The Morgan fingerprint density at radius 2 is 1.82 bits per heavy atom. The van der Waals surface area contributed by atoms with E-state index < -0.39 is 5.79 Å². The standard InChI is InChI=1S/C12H19ClO4/c13-11(14)9-12(16-7-8-17-12)4-1-10-2-5-15-6-3-10/h10H,1-9H2. The van der Waals surface area contributed by atoms with Crippen molar-refractivity contribution in [1.29, 1.82) is 0 Å². The van der Waals surface area contributed by atoms with Gasteiger partial charge >= 0.3 is 0 Å². The van der Waals surface area contributed by atoms with Crippen LogP contribution in [0.2, 0.25) is 0 Å². The molecule has 2 saturated heterocycles. The third-order valence-corrected chi connectivity index (χ3v) is 3.63. The summed E-state index contributed by atoms with van der Waals surface area (Å²) in [6.07, 6.45) is 4.08. The summed E-state index contributed by atoms with van der Waals surface area (Å²) in [4.78, 5) is 11.0. The molecule has 2 fully saturated rings. The molecule has 17 heavy (non-hydrogen) atoms. The van der Waals surface area contributed by atoms with Gasteiger partial charge in [-0.2, -0.15) is 0 Å². The molecule has 5 heteroatoms. The summed E-state index contributed by atoms with van der Waals surface area (Å²) < 4.78 is 16.5. The number of rotatable bonds is 5. The third kappa shape index (κ3) is 3.91. The molecule has 0 aromatic rings. The molecule has 0 amide bonds. The molecular formula is C12H19ClO4. The lowest BCUT2D eigenvalue weighted by atomic mass is 9.92. The Balaban J connectivity index is 1.82. The molecule has 2 rings (SSSR count). The Bertz CT molecular complexity index is 257. The zero-order valence-electron chi connectivity index (χ0n) is 9.95. The van der Waals surface area contributed by atoms with Gasteiger partial charge in [-0.1, -0.05) is 0 Å². The second-order valence-corrected chi connectivity index (χ2v) is 5.16. The minimum atomic E-state index is -0.753. The van der Waals surface area contributed by atoms with E-state index in [0.29, 0.717) is 19.1 Å². The largest absolute Gasteiger partial charge is 0.381 e. The van der Waals surface area contributed by atoms with Crippen LogP contribution >= 0.6 is 11.6 Å². The van der Waals surface area contributed by atoms with Crippen molar-refractivity contribution >= 4 is 16.8 Å². The van der Waals surface area contributed by atoms with Gasteiger partial charge in [-0.15, -0.1) is 0 Å². The summed E-state index contributed by atoms with van der Waals surface area (Å²) in [6.45, 7) is 2.79. The van der Waals surface area contributed by atoms with E-state index in [9.17, 15) is 4.79 Å². The van der Waals surface area contributed by atoms with Crippen molar-refractivity contribution in [3.63, 3.8) is 0 Å². The van der Waals surface area contributed by atoms with Crippen molar-refractivity contribution < 1.29 is 19.0 Å². The molecule has 0 aliphatic carbocycles. The van der Waals surface area contributed by atoms with Crippen LogP contribution in [0.4, 0.5) is 0 Å². The van der Waals surface area contributed by atoms with Crippen molar-refractivity contribution in [3.05, 3.63) is 0 Å². The number of ether oxygens (including phenoxy) is 3. The van der Waals surface area contributed by atoms with Gasteiger partial charge in [-0.3, -0.25) is 4.79 Å². The maximum Gasteiger partial charge on any atom is 0.227 e. The van der Waals surface area contributed by atoms with Crippen molar-refractivity contribution in [2.24, 2.45) is 5.92 Å². The van der Waals surface area contributed by atoms with Gasteiger partial charge in [0, 0.05) is 19.6 Å². The molecule has 2 aliphatic rings. The molecule has 0 atom stereocenters. The van der Waals surface area contributed by atoms with E-state index in [0.717, 1.165) is 38.9 Å². The molecule has 0 N–H and O–H groups in total. The lowest BCUT2D eigenvalue weighted by Crippen LogP contribution is -2.33. The molecule has 0 spiro atoms. The number of hydrogen-bond acceptors (Lipinski definition) is 4. The van der Waals surface area contributed by atoms with Crippen LogP contribution in [0, 0.1) is 5.92 Å². The van der Waals surface area contributed by atoms with Crippen molar-refractivity contribution in [2.45, 2.75) is 37.9 Å². The zero-order chi connectivity index (χ0) is 12.1. The molecule has 0 aromatic carbocycles. The van der Waals surface area contributed by atoms with E-state index in [1.807, 2.05) is 0 Å². The lowest BCUT2D eigenvalue weighted by Gasteiger charge is -2.29. The van der Waals surface area contributed by atoms with Gasteiger partial charge in [-0.25, -0.2) is 0 Å². The van der Waals surface area contributed by atoms with E-state index in [2.05, 4.69) is 0 Å². The number of carbonyl (C=O) groups excluding carboxylic acids is 1. The quantitative estimate of drug-likeness (QED) is 0.712. The monoisotopic (exact) mass is 262 g/mol. The van der Waals surface area contributed by atoms with E-state index in [1.165, 1.54) is 0 Å². The van der Waals surface area contributed by atoms with E-state index >= 15 is 0 Å². The highest BCUT2D eigenvalue weighted by molar-refractivity contribution is 6.63. The topological polar surface area (TPSA) is 44.8 Å². The van der Waals surface area contributed by atoms with Crippen molar-refractivity contribution in [2.75, 3.05) is 26.4 Å². The van der Waals surface area contributed by atoms with Gasteiger partial charge in [0.1, 0.15) is 0 Å². The van der Waals surface area contributed by atoms with E-state index in [-0.39, 0.29) is 11.7 Å². The Labute approximate surface area is 107 Å². The van der Waals surface area contributed by atoms with Gasteiger partial charge < -0.3 is 14.2 Å². The number of hydrogen-bond donors (Lipinski definition) is 0. The van der Waals surface area contributed by atoms with Gasteiger partial charge in [0.05, 0.1) is 19.6 Å². The van der Waals surface area contributed by atoms with Crippen LogP contribution in [-0.4, -0.2) is 37.5 Å². The smallest absolute Gasteiger partial charge is 0.227 e. The fourth-order valence-corrected chi connectivity index (χ4v) is 2.71. The van der Waals surface area contributed by atoms with E-state index in [1.54, 1.807) is 0 Å². The highest BCUT2D eigenvalue weighted by Crippen LogP contribution is 2.33. The summed E-state index contributed by atoms with van der Waals surface area (Å²) in [5.41, 5.74) is 0. The predicted molar refractivity (Wildman–Crippen MR) is 62.9 cm³/mol. The lowest BCUT2D eigenvalue weighted by molar-refractivity contribution is -0.172. The molecule has 98 valence electrons. The average Bonchev–Trinajstić information content (AvgIpc) is 2.76. The van der Waals surface area contributed by atoms with Crippen molar-refractivity contribution in [3.8, 4) is 0 Å². The molecule has 0 unspecified atom stereocenters. The second-order valence-electron chi connectivity index (χ2n) is 4.73. The van der Waals surface area contributed by atoms with Gasteiger partial charge in [0.2, 0.25) is 5.24 Å². The third-order valence-electron chi connectivity index (χ3n) is 3.50. The molecule has 0 saturated carbocycles. The summed E-state index contributed by atoms with van der Waals surface area (Å²) in [6, 6.07) is 0. The van der Waals surface area contributed by atoms with Crippen LogP contribution in [0.1, 0.15) is 32.1 Å². The van der Waals surface area contributed by atoms with Crippen LogP contribution in [0.15, 0.2) is 0 Å². The van der Waals surface area contributed by atoms with Gasteiger partial charge in [0.15, 0.2) is 5.79 Å². The minimum absolute atomic E-state index is 0.151. The highest BCUT2D eigenvalue weighted by atomic mass is 35.5. The minimum Gasteiger partial charge on any atom is -0.381 e. The first kappa shape index (κ1) is 13.3. The fraction of sp³-hybridized carbons (Fsp3) is 0.917. The van der Waals surface area contributed by atoms with Crippen LogP contribution in [0.5, 0.6) is 0 Å². The first-order valence-electron chi connectivity index (χ1n) is 6.24. The van der Waals surface area contributed by atoms with E-state index in [4.69, 9.17) is 25.8 Å². The summed E-state index contributed by atoms with van der Waals surface area (Å²) in [5.74, 6) is -0.101. The fourth-order valence-electron chi connectivity index (χ4n) is 2.50. The Morgan fingerprint density at radius 3 is 2.41 bits per heavy atom. The number of carbonyl (C=O) groups is 1. The number of halogens is 1. The molecule has 2 heterocycles. The van der Waals surface area contributed by atoms with Crippen LogP contribution in [-0.2, 0) is 19.0 Å². The molecule has 0 aromatic heterocycles. The first-order chi connectivity index (χ1) is 8.20. The zero-order valence-corrected chi connectivity index (χ0v) is 10.7. The average molecular weight is 263 g/mol. The molecule has 0 bridgehead atoms. The SMILES string of the molecule is O=C(Cl)CC1(CCC2CCOCC2)OCCO1. The highest BCUT2D eigenvalue weighted by Gasteiger charge is 2.38. The Kier molecular flexibility index (Phi) is 4.79. The molecule has 4 nitrogen and oxygen atoms in total. The van der Waals surface area contributed by atoms with Gasteiger partial charge in [0.25, 0.3) is 0 Å². The molecule has 0 radical (unpaired) electrons. The first-order valence-corrected chi connectivity index (χ1v) is 6.62. The molecular weight excluding hydrogens is 244 g/mol. The summed E-state index contributed by atoms with van der Waals surface area (Å²) >= 11 is 5.45. The van der Waals surface area contributed by atoms with Gasteiger partial charge in [-0.05, 0) is 36.8 Å². The normalized spacial score (nSPS) is 25.0. The Morgan fingerprint density at radius 1 is 1.18 bits per heavy atom. The maximum absolute atomic E-state index is 11.0. The van der Waals surface area contributed by atoms with Crippen LogP contribution in [0.3, 0.4) is 0 Å². The summed E-state index contributed by atoms with van der Waals surface area (Å²) in [5, 5.41) is -0.390. The molecule has 2 aliphatic heterocycles. The Hall–Kier alpha value is -0.160.